The highest BCUT2D eigenvalue weighted by atomic mass is 16.2. The van der Waals surface area contributed by atoms with Crippen LogP contribution in [0.2, 0.25) is 0 Å². The summed E-state index contributed by atoms with van der Waals surface area (Å²) in [5.74, 6) is 0.698. The van der Waals surface area contributed by atoms with E-state index < -0.39 is 0 Å². The van der Waals surface area contributed by atoms with E-state index in [2.05, 4.69) is 20.8 Å². The minimum Gasteiger partial charge on any atom is -0.332 e. The molecule has 1 aromatic carbocycles. The van der Waals surface area contributed by atoms with E-state index >= 15 is 0 Å². The van der Waals surface area contributed by atoms with Gasteiger partial charge in [-0.25, -0.2) is 4.79 Å². The van der Waals surface area contributed by atoms with Crippen LogP contribution in [0.5, 0.6) is 0 Å². The minimum absolute atomic E-state index is 0.0754. The molecular weight excluding hydrogens is 302 g/mol. The second-order valence-corrected chi connectivity index (χ2v) is 5.90. The van der Waals surface area contributed by atoms with Gasteiger partial charge in [0.15, 0.2) is 11.5 Å². The standard InChI is InChI=1S/C18H21N5O/c1-12-8-4-5-9-15(12)13(2)19-18(24)20-14(3)17-22-21-16-10-6-7-11-23(16)17/h4-11,13-14H,1-3H3,(H2,19,20,24). The van der Waals surface area contributed by atoms with Gasteiger partial charge in [-0.2, -0.15) is 0 Å². The first-order valence-electron chi connectivity index (χ1n) is 7.98. The van der Waals surface area contributed by atoms with Crippen molar-refractivity contribution in [1.82, 2.24) is 25.2 Å². The molecule has 0 saturated heterocycles. The van der Waals surface area contributed by atoms with Gasteiger partial charge in [-0.05, 0) is 44.0 Å². The van der Waals surface area contributed by atoms with Gasteiger partial charge < -0.3 is 10.6 Å². The average molecular weight is 323 g/mol. The summed E-state index contributed by atoms with van der Waals surface area (Å²) in [5, 5.41) is 14.2. The van der Waals surface area contributed by atoms with Crippen LogP contribution in [0.25, 0.3) is 5.65 Å². The highest BCUT2D eigenvalue weighted by Gasteiger charge is 2.17. The predicted octanol–water partition coefficient (Wildman–Crippen LogP) is 3.16. The number of fused-ring (bicyclic) bond motifs is 1. The Morgan fingerprint density at radius 2 is 1.71 bits per heavy atom. The summed E-state index contributed by atoms with van der Waals surface area (Å²) in [6, 6.07) is 13.2. The van der Waals surface area contributed by atoms with Crippen LogP contribution < -0.4 is 10.6 Å². The van der Waals surface area contributed by atoms with Gasteiger partial charge in [-0.15, -0.1) is 10.2 Å². The first-order chi connectivity index (χ1) is 11.6. The van der Waals surface area contributed by atoms with Crippen molar-refractivity contribution in [3.8, 4) is 0 Å². The van der Waals surface area contributed by atoms with Crippen LogP contribution in [-0.2, 0) is 0 Å². The van der Waals surface area contributed by atoms with Crippen LogP contribution in [0.3, 0.4) is 0 Å². The second-order valence-electron chi connectivity index (χ2n) is 5.90. The number of carbonyl (C=O) groups excluding carboxylic acids is 1. The molecule has 0 aliphatic carbocycles. The van der Waals surface area contributed by atoms with Gasteiger partial charge in [0.1, 0.15) is 0 Å². The molecule has 6 nitrogen and oxygen atoms in total. The minimum atomic E-state index is -0.258. The second kappa shape index (κ2) is 6.70. The van der Waals surface area contributed by atoms with Crippen molar-refractivity contribution >= 4 is 11.7 Å². The molecule has 0 bridgehead atoms. The summed E-state index contributed by atoms with van der Waals surface area (Å²) >= 11 is 0. The number of hydrogen-bond acceptors (Lipinski definition) is 3. The zero-order chi connectivity index (χ0) is 17.1. The summed E-state index contributed by atoms with van der Waals surface area (Å²) in [6.07, 6.45) is 1.89. The van der Waals surface area contributed by atoms with E-state index in [0.717, 1.165) is 16.8 Å². The number of pyridine rings is 1. The van der Waals surface area contributed by atoms with Crippen molar-refractivity contribution in [2.45, 2.75) is 32.9 Å². The Balaban J connectivity index is 1.67. The van der Waals surface area contributed by atoms with Crippen LogP contribution in [0.4, 0.5) is 4.79 Å². The Morgan fingerprint density at radius 3 is 2.50 bits per heavy atom. The third-order valence-electron chi connectivity index (χ3n) is 4.08. The number of hydrogen-bond donors (Lipinski definition) is 2. The molecule has 0 radical (unpaired) electrons. The molecule has 0 aliphatic rings. The fraction of sp³-hybridized carbons (Fsp3) is 0.278. The fourth-order valence-electron chi connectivity index (χ4n) is 2.81. The number of nitrogens with zero attached hydrogens (tertiary/aromatic N) is 3. The molecule has 24 heavy (non-hydrogen) atoms. The number of urea groups is 1. The van der Waals surface area contributed by atoms with Crippen molar-refractivity contribution in [1.29, 1.82) is 0 Å². The molecule has 2 heterocycles. The normalized spacial score (nSPS) is 13.5. The molecule has 0 fully saturated rings. The largest absolute Gasteiger partial charge is 0.332 e. The Hall–Kier alpha value is -2.89. The summed E-state index contributed by atoms with van der Waals surface area (Å²) in [6.45, 7) is 5.90. The van der Waals surface area contributed by atoms with E-state index in [1.54, 1.807) is 0 Å². The van der Waals surface area contributed by atoms with Crippen molar-refractivity contribution in [2.75, 3.05) is 0 Å². The van der Waals surface area contributed by atoms with Crippen LogP contribution in [0.1, 0.15) is 42.9 Å². The molecular formula is C18H21N5O. The Labute approximate surface area is 140 Å². The molecule has 2 atom stereocenters. The van der Waals surface area contributed by atoms with Gasteiger partial charge in [0, 0.05) is 6.20 Å². The van der Waals surface area contributed by atoms with Crippen LogP contribution in [0.15, 0.2) is 48.7 Å². The topological polar surface area (TPSA) is 71.3 Å². The van der Waals surface area contributed by atoms with E-state index in [1.807, 2.05) is 73.8 Å². The lowest BCUT2D eigenvalue weighted by Crippen LogP contribution is -2.39. The van der Waals surface area contributed by atoms with E-state index in [9.17, 15) is 4.79 Å². The number of nitrogens with one attached hydrogen (secondary N) is 2. The third kappa shape index (κ3) is 3.22. The number of amides is 2. The van der Waals surface area contributed by atoms with E-state index in [1.165, 1.54) is 0 Å². The molecule has 2 unspecified atom stereocenters. The summed E-state index contributed by atoms with van der Waals surface area (Å²) in [5.41, 5.74) is 3.02. The molecule has 6 heteroatoms. The number of aryl methyl sites for hydroxylation is 1. The fourth-order valence-corrected chi connectivity index (χ4v) is 2.81. The van der Waals surface area contributed by atoms with E-state index in [0.29, 0.717) is 5.82 Å². The van der Waals surface area contributed by atoms with Crippen molar-refractivity contribution in [3.63, 3.8) is 0 Å². The van der Waals surface area contributed by atoms with Gasteiger partial charge in [-0.3, -0.25) is 4.40 Å². The van der Waals surface area contributed by atoms with Crippen LogP contribution >= 0.6 is 0 Å². The number of benzene rings is 1. The Kier molecular flexibility index (Phi) is 4.46. The van der Waals surface area contributed by atoms with Gasteiger partial charge in [0.25, 0.3) is 0 Å². The maximum absolute atomic E-state index is 12.3. The van der Waals surface area contributed by atoms with Gasteiger partial charge in [0.05, 0.1) is 12.1 Å². The maximum atomic E-state index is 12.3. The van der Waals surface area contributed by atoms with Crippen molar-refractivity contribution < 1.29 is 4.79 Å². The lowest BCUT2D eigenvalue weighted by Gasteiger charge is -2.19. The molecule has 0 spiro atoms. The van der Waals surface area contributed by atoms with E-state index in [-0.39, 0.29) is 18.1 Å². The molecule has 2 N–H and O–H groups in total. The average Bonchev–Trinajstić information content (AvgIpc) is 2.99. The van der Waals surface area contributed by atoms with Crippen LogP contribution in [0, 0.1) is 6.92 Å². The zero-order valence-electron chi connectivity index (χ0n) is 14.0. The number of aromatic nitrogens is 3. The number of rotatable bonds is 4. The smallest absolute Gasteiger partial charge is 0.315 e. The summed E-state index contributed by atoms with van der Waals surface area (Å²) < 4.78 is 1.87. The molecule has 3 aromatic rings. The highest BCUT2D eigenvalue weighted by Crippen LogP contribution is 2.17. The molecule has 0 aliphatic heterocycles. The molecule has 2 amide bonds. The van der Waals surface area contributed by atoms with Crippen molar-refractivity contribution in [2.24, 2.45) is 0 Å². The summed E-state index contributed by atoms with van der Waals surface area (Å²) in [7, 11) is 0. The van der Waals surface area contributed by atoms with E-state index in [4.69, 9.17) is 0 Å². The van der Waals surface area contributed by atoms with Crippen LogP contribution in [-0.4, -0.2) is 20.6 Å². The first kappa shape index (κ1) is 16.0. The zero-order valence-corrected chi connectivity index (χ0v) is 14.0. The molecule has 2 aromatic heterocycles. The third-order valence-corrected chi connectivity index (χ3v) is 4.08. The quantitative estimate of drug-likeness (QED) is 0.775. The number of carbonyl (C=O) groups is 1. The van der Waals surface area contributed by atoms with Gasteiger partial charge in [-0.1, -0.05) is 30.3 Å². The SMILES string of the molecule is Cc1ccccc1C(C)NC(=O)NC(C)c1nnc2ccccn12. The molecule has 124 valence electrons. The summed E-state index contributed by atoms with van der Waals surface area (Å²) in [4.78, 5) is 12.3. The predicted molar refractivity (Wildman–Crippen MR) is 92.7 cm³/mol. The lowest BCUT2D eigenvalue weighted by atomic mass is 10.0. The highest BCUT2D eigenvalue weighted by molar-refractivity contribution is 5.74. The monoisotopic (exact) mass is 323 g/mol. The Morgan fingerprint density at radius 1 is 1.00 bits per heavy atom. The van der Waals surface area contributed by atoms with Gasteiger partial charge in [0.2, 0.25) is 0 Å². The Bertz CT molecular complexity index is 857. The van der Waals surface area contributed by atoms with Gasteiger partial charge >= 0.3 is 6.03 Å². The molecule has 0 saturated carbocycles. The molecule has 3 rings (SSSR count). The first-order valence-corrected chi connectivity index (χ1v) is 7.98. The maximum Gasteiger partial charge on any atom is 0.315 e. The van der Waals surface area contributed by atoms with Crippen molar-refractivity contribution in [3.05, 3.63) is 65.6 Å². The lowest BCUT2D eigenvalue weighted by molar-refractivity contribution is 0.234.